The lowest BCUT2D eigenvalue weighted by atomic mass is 9.96. The first kappa shape index (κ1) is 19.1. The van der Waals surface area contributed by atoms with E-state index in [0.717, 1.165) is 26.2 Å². The molecule has 3 atom stereocenters. The van der Waals surface area contributed by atoms with E-state index in [0.29, 0.717) is 12.8 Å². The fourth-order valence-corrected chi connectivity index (χ4v) is 4.59. The number of hydrogen-bond donors (Lipinski definition) is 2. The maximum Gasteiger partial charge on any atom is 0.225 e. The predicted molar refractivity (Wildman–Crippen MR) is 110 cm³/mol. The lowest BCUT2D eigenvalue weighted by Gasteiger charge is -2.40. The number of carbonyl (C=O) groups is 1. The van der Waals surface area contributed by atoms with Crippen molar-refractivity contribution < 1.29 is 9.90 Å². The normalized spacial score (nSPS) is 26.0. The molecule has 1 aliphatic heterocycles. The van der Waals surface area contributed by atoms with Gasteiger partial charge in [0.1, 0.15) is 0 Å². The number of carbonyl (C=O) groups excluding carboxylic acids is 1. The lowest BCUT2D eigenvalue weighted by Crippen LogP contribution is -2.51. The van der Waals surface area contributed by atoms with Gasteiger partial charge in [0.2, 0.25) is 5.91 Å². The SMILES string of the molecule is N[C@@H]1C[C@H](C(=O)N2CCN(C(c3ccccc3)c3ccccc3)CC2)C[C@H]1O. The Labute approximate surface area is 166 Å². The minimum Gasteiger partial charge on any atom is -0.391 e. The first-order valence-electron chi connectivity index (χ1n) is 10.2. The number of piperazine rings is 1. The average Bonchev–Trinajstić information content (AvgIpc) is 3.08. The van der Waals surface area contributed by atoms with Crippen LogP contribution in [0.25, 0.3) is 0 Å². The Hall–Kier alpha value is -2.21. The molecular weight excluding hydrogens is 350 g/mol. The molecule has 3 N–H and O–H groups in total. The molecule has 5 nitrogen and oxygen atoms in total. The smallest absolute Gasteiger partial charge is 0.225 e. The molecule has 28 heavy (non-hydrogen) atoms. The van der Waals surface area contributed by atoms with Crippen LogP contribution in [0.4, 0.5) is 0 Å². The number of nitrogens with two attached hydrogens (primary N) is 1. The Balaban J connectivity index is 1.46. The molecule has 0 radical (unpaired) electrons. The summed E-state index contributed by atoms with van der Waals surface area (Å²) >= 11 is 0. The molecule has 2 aromatic carbocycles. The van der Waals surface area contributed by atoms with Crippen LogP contribution in [-0.4, -0.2) is 59.1 Å². The summed E-state index contributed by atoms with van der Waals surface area (Å²) in [5.41, 5.74) is 8.45. The maximum absolute atomic E-state index is 12.8. The van der Waals surface area contributed by atoms with Gasteiger partial charge in [-0.1, -0.05) is 60.7 Å². The summed E-state index contributed by atoms with van der Waals surface area (Å²) in [6.07, 6.45) is 0.545. The van der Waals surface area contributed by atoms with Gasteiger partial charge in [0.15, 0.2) is 0 Å². The van der Waals surface area contributed by atoms with Crippen LogP contribution in [0.15, 0.2) is 60.7 Å². The molecule has 1 amide bonds. The number of amides is 1. The first-order chi connectivity index (χ1) is 13.6. The van der Waals surface area contributed by atoms with E-state index in [-0.39, 0.29) is 23.9 Å². The molecule has 0 aromatic heterocycles. The van der Waals surface area contributed by atoms with E-state index < -0.39 is 6.10 Å². The van der Waals surface area contributed by atoms with Gasteiger partial charge in [-0.2, -0.15) is 0 Å². The highest BCUT2D eigenvalue weighted by Gasteiger charge is 2.38. The molecule has 0 spiro atoms. The van der Waals surface area contributed by atoms with Gasteiger partial charge in [-0.3, -0.25) is 9.69 Å². The van der Waals surface area contributed by atoms with E-state index in [2.05, 4.69) is 53.4 Å². The topological polar surface area (TPSA) is 69.8 Å². The monoisotopic (exact) mass is 379 g/mol. The fourth-order valence-electron chi connectivity index (χ4n) is 4.59. The highest BCUT2D eigenvalue weighted by Crippen LogP contribution is 2.31. The number of hydrogen-bond acceptors (Lipinski definition) is 4. The number of aliphatic hydroxyl groups excluding tert-OH is 1. The minimum absolute atomic E-state index is 0.129. The van der Waals surface area contributed by atoms with Crippen LogP contribution < -0.4 is 5.73 Å². The van der Waals surface area contributed by atoms with Gasteiger partial charge in [-0.25, -0.2) is 0 Å². The summed E-state index contributed by atoms with van der Waals surface area (Å²) < 4.78 is 0. The van der Waals surface area contributed by atoms with E-state index >= 15 is 0 Å². The largest absolute Gasteiger partial charge is 0.391 e. The number of aliphatic hydroxyl groups is 1. The van der Waals surface area contributed by atoms with E-state index in [9.17, 15) is 9.90 Å². The molecule has 2 aromatic rings. The molecule has 4 rings (SSSR count). The molecular formula is C23H29N3O2. The van der Waals surface area contributed by atoms with Crippen molar-refractivity contribution in [3.05, 3.63) is 71.8 Å². The van der Waals surface area contributed by atoms with Crippen molar-refractivity contribution in [2.24, 2.45) is 11.7 Å². The molecule has 1 aliphatic carbocycles. The number of nitrogens with zero attached hydrogens (tertiary/aromatic N) is 2. The van der Waals surface area contributed by atoms with E-state index in [4.69, 9.17) is 5.73 Å². The second-order valence-corrected chi connectivity index (χ2v) is 7.98. The van der Waals surface area contributed by atoms with Gasteiger partial charge in [0, 0.05) is 38.1 Å². The molecule has 1 heterocycles. The lowest BCUT2D eigenvalue weighted by molar-refractivity contribution is -0.137. The third kappa shape index (κ3) is 3.97. The molecule has 1 saturated heterocycles. The average molecular weight is 380 g/mol. The summed E-state index contributed by atoms with van der Waals surface area (Å²) in [5, 5.41) is 9.88. The van der Waals surface area contributed by atoms with Gasteiger partial charge in [-0.15, -0.1) is 0 Å². The highest BCUT2D eigenvalue weighted by atomic mass is 16.3. The van der Waals surface area contributed by atoms with Crippen molar-refractivity contribution >= 4 is 5.91 Å². The maximum atomic E-state index is 12.8. The Morgan fingerprint density at radius 2 is 1.43 bits per heavy atom. The predicted octanol–water partition coefficient (Wildman–Crippen LogP) is 2.02. The standard InChI is InChI=1S/C23H29N3O2/c24-20-15-19(16-21(20)27)23(28)26-13-11-25(12-14-26)22(17-7-3-1-4-8-17)18-9-5-2-6-10-18/h1-10,19-22,27H,11-16,24H2/t19-,20+,21+/m0/s1. The first-order valence-corrected chi connectivity index (χ1v) is 10.2. The van der Waals surface area contributed by atoms with Crippen LogP contribution in [0.5, 0.6) is 0 Å². The summed E-state index contributed by atoms with van der Waals surface area (Å²) in [6.45, 7) is 3.11. The summed E-state index contributed by atoms with van der Waals surface area (Å²) in [5.74, 6) is 0.0261. The quantitative estimate of drug-likeness (QED) is 0.853. The van der Waals surface area contributed by atoms with Crippen molar-refractivity contribution in [2.75, 3.05) is 26.2 Å². The highest BCUT2D eigenvalue weighted by molar-refractivity contribution is 5.79. The number of benzene rings is 2. The van der Waals surface area contributed by atoms with Crippen molar-refractivity contribution in [1.82, 2.24) is 9.80 Å². The summed E-state index contributed by atoms with van der Waals surface area (Å²) in [4.78, 5) is 17.3. The van der Waals surface area contributed by atoms with Crippen LogP contribution in [-0.2, 0) is 4.79 Å². The molecule has 0 unspecified atom stereocenters. The molecule has 1 saturated carbocycles. The zero-order valence-electron chi connectivity index (χ0n) is 16.2. The second kappa shape index (κ2) is 8.43. The zero-order chi connectivity index (χ0) is 19.5. The van der Waals surface area contributed by atoms with Gasteiger partial charge >= 0.3 is 0 Å². The van der Waals surface area contributed by atoms with Crippen molar-refractivity contribution in [3.8, 4) is 0 Å². The van der Waals surface area contributed by atoms with E-state index in [1.54, 1.807) is 0 Å². The Kier molecular flexibility index (Phi) is 5.76. The summed E-state index contributed by atoms with van der Waals surface area (Å²) in [7, 11) is 0. The number of rotatable bonds is 4. The summed E-state index contributed by atoms with van der Waals surface area (Å²) in [6, 6.07) is 21.1. The van der Waals surface area contributed by atoms with Crippen LogP contribution in [0.1, 0.15) is 30.0 Å². The fraction of sp³-hybridized carbons (Fsp3) is 0.435. The van der Waals surface area contributed by atoms with Crippen LogP contribution in [0.2, 0.25) is 0 Å². The molecule has 2 fully saturated rings. The van der Waals surface area contributed by atoms with Crippen LogP contribution in [0, 0.1) is 5.92 Å². The minimum atomic E-state index is -0.546. The Morgan fingerprint density at radius 3 is 1.89 bits per heavy atom. The van der Waals surface area contributed by atoms with Gasteiger partial charge < -0.3 is 15.7 Å². The van der Waals surface area contributed by atoms with E-state index in [1.807, 2.05) is 17.0 Å². The zero-order valence-corrected chi connectivity index (χ0v) is 16.2. The molecule has 5 heteroatoms. The molecule has 148 valence electrons. The van der Waals surface area contributed by atoms with Crippen LogP contribution in [0.3, 0.4) is 0 Å². The molecule has 0 bridgehead atoms. The second-order valence-electron chi connectivity index (χ2n) is 7.98. The van der Waals surface area contributed by atoms with Crippen LogP contribution >= 0.6 is 0 Å². The van der Waals surface area contributed by atoms with E-state index in [1.165, 1.54) is 11.1 Å². The Morgan fingerprint density at radius 1 is 0.893 bits per heavy atom. The molecule has 2 aliphatic rings. The van der Waals surface area contributed by atoms with Crippen molar-refractivity contribution in [3.63, 3.8) is 0 Å². The third-order valence-electron chi connectivity index (χ3n) is 6.15. The van der Waals surface area contributed by atoms with Gasteiger partial charge in [0.25, 0.3) is 0 Å². The van der Waals surface area contributed by atoms with Gasteiger partial charge in [-0.05, 0) is 24.0 Å². The Bertz CT molecular complexity index is 725. The third-order valence-corrected chi connectivity index (χ3v) is 6.15. The van der Waals surface area contributed by atoms with Crippen molar-refractivity contribution in [2.45, 2.75) is 31.0 Å². The van der Waals surface area contributed by atoms with Crippen molar-refractivity contribution in [1.29, 1.82) is 0 Å². The van der Waals surface area contributed by atoms with Gasteiger partial charge in [0.05, 0.1) is 12.1 Å².